The molecule has 1 N–H and O–H groups in total. The predicted molar refractivity (Wildman–Crippen MR) is 111 cm³/mol. The second kappa shape index (κ2) is 11.0. The fraction of sp³-hybridized carbons (Fsp3) is 0.714. The van der Waals surface area contributed by atoms with E-state index in [1.165, 1.54) is 9.75 Å². The van der Waals surface area contributed by atoms with Gasteiger partial charge >= 0.3 is 12.1 Å². The molecule has 4 heterocycles. The number of carboxylic acids is 1. The zero-order chi connectivity index (χ0) is 23.3. The quantitative estimate of drug-likeness (QED) is 0.717. The number of carbonyl (C=O) groups is 2. The van der Waals surface area contributed by atoms with Gasteiger partial charge in [0, 0.05) is 54.4 Å². The number of hydrogen-bond donors (Lipinski definition) is 1. The number of likely N-dealkylation sites (tertiary alicyclic amines) is 1. The number of carbonyl (C=O) groups excluding carboxylic acids is 1. The van der Waals surface area contributed by atoms with Crippen LogP contribution in [0.5, 0.6) is 0 Å². The van der Waals surface area contributed by atoms with E-state index in [0.29, 0.717) is 19.1 Å². The van der Waals surface area contributed by atoms with Crippen molar-refractivity contribution in [3.63, 3.8) is 0 Å². The monoisotopic (exact) mass is 478 g/mol. The average Bonchev–Trinajstić information content (AvgIpc) is 3.17. The van der Waals surface area contributed by atoms with Crippen LogP contribution in [0.4, 0.5) is 13.2 Å². The fourth-order valence-electron chi connectivity index (χ4n) is 4.38. The maximum atomic E-state index is 13.0. The lowest BCUT2D eigenvalue weighted by molar-refractivity contribution is -0.209. The third kappa shape index (κ3) is 6.66. The molecule has 0 bridgehead atoms. The topological polar surface area (TPSA) is 79.3 Å². The molecule has 1 aromatic heterocycles. The Morgan fingerprint density at radius 1 is 1.19 bits per heavy atom. The number of halogens is 3. The number of alkyl halides is 3. The first-order chi connectivity index (χ1) is 15.1. The molecule has 0 unspecified atom stereocenters. The molecule has 1 amide bonds. The molecule has 180 valence electrons. The largest absolute Gasteiger partial charge is 0.490 e. The van der Waals surface area contributed by atoms with E-state index in [1.807, 2.05) is 11.3 Å². The highest BCUT2D eigenvalue weighted by Crippen LogP contribution is 2.35. The first-order valence-electron chi connectivity index (χ1n) is 10.8. The van der Waals surface area contributed by atoms with E-state index in [0.717, 1.165) is 51.9 Å². The summed E-state index contributed by atoms with van der Waals surface area (Å²) >= 11 is 1.87. The molecular weight excluding hydrogens is 449 g/mol. The molecule has 3 atom stereocenters. The molecule has 4 rings (SSSR count). The standard InChI is InChI=1S/C19H28N2O3S.C2HF3O2/c1-14-4-5-15(25-14)12-20-9-6-18-17(13-20)16(7-11-23-18)19(22)21-8-2-3-10-24-21;3-2(4,5)1(6)7/h4-5,16-18H,2-3,6-13H2,1H3;(H,6,7)/t16-,17+,18-;/m1./s1. The molecule has 3 saturated heterocycles. The molecule has 0 aliphatic carbocycles. The number of piperidine rings is 1. The second-order valence-corrected chi connectivity index (χ2v) is 9.66. The summed E-state index contributed by atoms with van der Waals surface area (Å²) in [5, 5.41) is 8.76. The van der Waals surface area contributed by atoms with Crippen LogP contribution in [0.2, 0.25) is 0 Å². The van der Waals surface area contributed by atoms with Crippen LogP contribution in [-0.4, -0.2) is 72.1 Å². The smallest absolute Gasteiger partial charge is 0.475 e. The number of carboxylic acid groups (broad SMARTS) is 1. The number of nitrogens with zero attached hydrogens (tertiary/aromatic N) is 2. The SMILES string of the molecule is Cc1ccc(CN2CC[C@H]3OCC[C@@H](C(=O)N4CCCCO4)[C@@H]3C2)s1.O=C(O)C(F)(F)F. The van der Waals surface area contributed by atoms with E-state index in [4.69, 9.17) is 19.5 Å². The summed E-state index contributed by atoms with van der Waals surface area (Å²) in [4.78, 5) is 32.8. The van der Waals surface area contributed by atoms with Gasteiger partial charge in [-0.3, -0.25) is 14.5 Å². The number of fused-ring (bicyclic) bond motifs is 1. The van der Waals surface area contributed by atoms with E-state index < -0.39 is 12.1 Å². The number of rotatable bonds is 3. The lowest BCUT2D eigenvalue weighted by Crippen LogP contribution is -2.54. The van der Waals surface area contributed by atoms with E-state index in [2.05, 4.69) is 24.0 Å². The van der Waals surface area contributed by atoms with Crippen molar-refractivity contribution in [3.8, 4) is 0 Å². The van der Waals surface area contributed by atoms with Gasteiger partial charge in [0.05, 0.1) is 12.7 Å². The molecule has 7 nitrogen and oxygen atoms in total. The second-order valence-electron chi connectivity index (χ2n) is 8.29. The highest BCUT2D eigenvalue weighted by Gasteiger charge is 2.43. The maximum Gasteiger partial charge on any atom is 0.490 e. The van der Waals surface area contributed by atoms with Gasteiger partial charge in [-0.05, 0) is 44.7 Å². The number of hydroxylamine groups is 2. The Kier molecular flexibility index (Phi) is 8.54. The minimum atomic E-state index is -5.08. The van der Waals surface area contributed by atoms with Crippen LogP contribution in [0, 0.1) is 18.8 Å². The summed E-state index contributed by atoms with van der Waals surface area (Å²) in [6, 6.07) is 4.42. The van der Waals surface area contributed by atoms with Crippen molar-refractivity contribution in [2.24, 2.45) is 11.8 Å². The Hall–Kier alpha value is -1.69. The van der Waals surface area contributed by atoms with E-state index >= 15 is 0 Å². The number of ether oxygens (including phenoxy) is 1. The van der Waals surface area contributed by atoms with Gasteiger partial charge in [0.15, 0.2) is 0 Å². The Balaban J connectivity index is 0.000000360. The lowest BCUT2D eigenvalue weighted by Gasteiger charge is -2.45. The molecule has 11 heteroatoms. The van der Waals surface area contributed by atoms with Crippen molar-refractivity contribution in [2.45, 2.75) is 51.4 Å². The van der Waals surface area contributed by atoms with Crippen molar-refractivity contribution >= 4 is 23.2 Å². The minimum Gasteiger partial charge on any atom is -0.475 e. The first-order valence-corrected chi connectivity index (χ1v) is 11.6. The van der Waals surface area contributed by atoms with Crippen LogP contribution >= 0.6 is 11.3 Å². The molecule has 32 heavy (non-hydrogen) atoms. The summed E-state index contributed by atoms with van der Waals surface area (Å²) in [6.07, 6.45) is -0.899. The Labute approximate surface area is 189 Å². The molecule has 0 spiro atoms. The van der Waals surface area contributed by atoms with Gasteiger partial charge in [-0.1, -0.05) is 0 Å². The number of hydrogen-bond acceptors (Lipinski definition) is 6. The molecule has 1 aromatic rings. The van der Waals surface area contributed by atoms with Crippen LogP contribution in [0.15, 0.2) is 12.1 Å². The summed E-state index contributed by atoms with van der Waals surface area (Å²) in [6.45, 7) is 7.27. The van der Waals surface area contributed by atoms with Gasteiger partial charge in [0.25, 0.3) is 0 Å². The van der Waals surface area contributed by atoms with Crippen LogP contribution < -0.4 is 0 Å². The number of aliphatic carboxylic acids is 1. The van der Waals surface area contributed by atoms with E-state index in [1.54, 1.807) is 5.06 Å². The van der Waals surface area contributed by atoms with Crippen molar-refractivity contribution in [1.82, 2.24) is 9.96 Å². The third-order valence-corrected chi connectivity index (χ3v) is 6.92. The molecular formula is C21H29F3N2O5S. The Bertz CT molecular complexity index is 782. The van der Waals surface area contributed by atoms with Gasteiger partial charge in [-0.25, -0.2) is 9.86 Å². The summed E-state index contributed by atoms with van der Waals surface area (Å²) in [7, 11) is 0. The van der Waals surface area contributed by atoms with Crippen molar-refractivity contribution in [3.05, 3.63) is 21.9 Å². The van der Waals surface area contributed by atoms with Gasteiger partial charge in [-0.15, -0.1) is 11.3 Å². The van der Waals surface area contributed by atoms with Crippen LogP contribution in [0.3, 0.4) is 0 Å². The number of thiophene rings is 1. The maximum absolute atomic E-state index is 13.0. The van der Waals surface area contributed by atoms with E-state index in [9.17, 15) is 18.0 Å². The van der Waals surface area contributed by atoms with Crippen molar-refractivity contribution in [1.29, 1.82) is 0 Å². The minimum absolute atomic E-state index is 0.0460. The van der Waals surface area contributed by atoms with Gasteiger partial charge in [-0.2, -0.15) is 13.2 Å². The summed E-state index contributed by atoms with van der Waals surface area (Å²) in [5.41, 5.74) is 0. The molecule has 0 radical (unpaired) electrons. The average molecular weight is 479 g/mol. The van der Waals surface area contributed by atoms with Gasteiger partial charge < -0.3 is 9.84 Å². The number of aryl methyl sites for hydroxylation is 1. The van der Waals surface area contributed by atoms with Gasteiger partial charge in [0.2, 0.25) is 5.91 Å². The summed E-state index contributed by atoms with van der Waals surface area (Å²) < 4.78 is 37.8. The molecule has 3 fully saturated rings. The van der Waals surface area contributed by atoms with Crippen molar-refractivity contribution in [2.75, 3.05) is 32.8 Å². The first kappa shape index (κ1) is 24.9. The zero-order valence-corrected chi connectivity index (χ0v) is 18.8. The number of amides is 1. The van der Waals surface area contributed by atoms with Crippen molar-refractivity contribution < 1.29 is 37.4 Å². The highest BCUT2D eigenvalue weighted by atomic mass is 32.1. The van der Waals surface area contributed by atoms with Crippen LogP contribution in [0.1, 0.15) is 35.4 Å². The summed E-state index contributed by atoms with van der Waals surface area (Å²) in [5.74, 6) is -2.23. The molecule has 0 saturated carbocycles. The van der Waals surface area contributed by atoms with Crippen LogP contribution in [-0.2, 0) is 25.7 Å². The van der Waals surface area contributed by atoms with E-state index in [-0.39, 0.29) is 17.9 Å². The Morgan fingerprint density at radius 3 is 2.53 bits per heavy atom. The zero-order valence-electron chi connectivity index (χ0n) is 18.0. The molecule has 0 aromatic carbocycles. The molecule has 3 aliphatic heterocycles. The Morgan fingerprint density at radius 2 is 1.94 bits per heavy atom. The van der Waals surface area contributed by atoms with Gasteiger partial charge in [0.1, 0.15) is 0 Å². The predicted octanol–water partition coefficient (Wildman–Crippen LogP) is 3.47. The fourth-order valence-corrected chi connectivity index (χ4v) is 5.31. The van der Waals surface area contributed by atoms with Crippen LogP contribution in [0.25, 0.3) is 0 Å². The lowest BCUT2D eigenvalue weighted by atomic mass is 9.79. The molecule has 3 aliphatic rings. The highest BCUT2D eigenvalue weighted by molar-refractivity contribution is 7.11. The normalized spacial score (nSPS) is 26.6. The third-order valence-electron chi connectivity index (χ3n) is 5.94.